The summed E-state index contributed by atoms with van der Waals surface area (Å²) >= 11 is 8.92. The second-order valence-electron chi connectivity index (χ2n) is 2.92. The number of rotatable bonds is 3. The van der Waals surface area contributed by atoms with Crippen molar-refractivity contribution in [1.29, 1.82) is 0 Å². The molecule has 0 unspecified atom stereocenters. The van der Waals surface area contributed by atoms with Gasteiger partial charge in [0.15, 0.2) is 0 Å². The van der Waals surface area contributed by atoms with E-state index in [4.69, 9.17) is 22.4 Å². The van der Waals surface area contributed by atoms with Crippen molar-refractivity contribution < 1.29 is 10.2 Å². The van der Waals surface area contributed by atoms with Gasteiger partial charge in [0.1, 0.15) is 5.75 Å². The van der Waals surface area contributed by atoms with Crippen molar-refractivity contribution in [3.63, 3.8) is 0 Å². The number of halogens is 3. The van der Waals surface area contributed by atoms with Crippen LogP contribution in [-0.4, -0.2) is 16.8 Å². The standard InChI is InChI=1S/C9H11BrClNO2.ClH/c10-8-6(11)2-1-5(9(8)14)7(12)3-4-13;/h1-2,7,13-14H,3-4,12H2;1H/t7-;/m1./s1. The highest BCUT2D eigenvalue weighted by molar-refractivity contribution is 9.10. The summed E-state index contributed by atoms with van der Waals surface area (Å²) in [5, 5.41) is 18.8. The molecule has 0 fully saturated rings. The largest absolute Gasteiger partial charge is 0.506 e. The van der Waals surface area contributed by atoms with Gasteiger partial charge < -0.3 is 15.9 Å². The van der Waals surface area contributed by atoms with Crippen molar-refractivity contribution >= 4 is 39.9 Å². The summed E-state index contributed by atoms with van der Waals surface area (Å²) in [6.45, 7) is -0.0130. The van der Waals surface area contributed by atoms with E-state index >= 15 is 0 Å². The fourth-order valence-electron chi connectivity index (χ4n) is 1.15. The summed E-state index contributed by atoms with van der Waals surface area (Å²) in [5.74, 6) is 0.0402. The Bertz CT molecular complexity index is 336. The Labute approximate surface area is 108 Å². The van der Waals surface area contributed by atoms with Crippen LogP contribution < -0.4 is 5.73 Å². The minimum Gasteiger partial charge on any atom is -0.506 e. The quantitative estimate of drug-likeness (QED) is 0.803. The molecule has 0 aromatic heterocycles. The molecule has 0 bridgehead atoms. The molecule has 15 heavy (non-hydrogen) atoms. The molecule has 1 aromatic rings. The Morgan fingerprint density at radius 1 is 1.47 bits per heavy atom. The van der Waals surface area contributed by atoms with E-state index < -0.39 is 0 Å². The van der Waals surface area contributed by atoms with Crippen molar-refractivity contribution in [2.75, 3.05) is 6.61 Å². The van der Waals surface area contributed by atoms with E-state index in [1.165, 1.54) is 0 Å². The van der Waals surface area contributed by atoms with Gasteiger partial charge >= 0.3 is 0 Å². The number of aliphatic hydroxyl groups is 1. The smallest absolute Gasteiger partial charge is 0.136 e. The first-order chi connectivity index (χ1) is 6.57. The molecule has 4 N–H and O–H groups in total. The lowest BCUT2D eigenvalue weighted by Crippen LogP contribution is -2.12. The van der Waals surface area contributed by atoms with Crippen LogP contribution in [0.4, 0.5) is 0 Å². The molecule has 0 amide bonds. The van der Waals surface area contributed by atoms with Crippen LogP contribution in [0.3, 0.4) is 0 Å². The zero-order valence-corrected chi connectivity index (χ0v) is 10.9. The fourth-order valence-corrected chi connectivity index (χ4v) is 1.66. The van der Waals surface area contributed by atoms with Crippen molar-refractivity contribution in [1.82, 2.24) is 0 Å². The van der Waals surface area contributed by atoms with Crippen LogP contribution in [0.25, 0.3) is 0 Å². The Hall–Kier alpha value is -0.000000000000000111. The van der Waals surface area contributed by atoms with E-state index in [0.717, 1.165) is 0 Å². The molecular weight excluding hydrogens is 305 g/mol. The maximum atomic E-state index is 9.68. The molecule has 0 aliphatic rings. The van der Waals surface area contributed by atoms with Crippen LogP contribution in [0.15, 0.2) is 16.6 Å². The molecule has 0 heterocycles. The van der Waals surface area contributed by atoms with E-state index in [9.17, 15) is 5.11 Å². The summed E-state index contributed by atoms with van der Waals surface area (Å²) in [6, 6.07) is 2.93. The highest BCUT2D eigenvalue weighted by Crippen LogP contribution is 2.37. The van der Waals surface area contributed by atoms with Crippen molar-refractivity contribution in [3.8, 4) is 5.75 Å². The molecule has 3 nitrogen and oxygen atoms in total. The van der Waals surface area contributed by atoms with E-state index in [-0.39, 0.29) is 30.8 Å². The monoisotopic (exact) mass is 315 g/mol. The Morgan fingerprint density at radius 2 is 2.07 bits per heavy atom. The molecule has 0 saturated carbocycles. The predicted molar refractivity (Wildman–Crippen MR) is 66.7 cm³/mol. The predicted octanol–water partition coefficient (Wildman–Crippen LogP) is 2.61. The van der Waals surface area contributed by atoms with Crippen LogP contribution in [0.5, 0.6) is 5.75 Å². The fraction of sp³-hybridized carbons (Fsp3) is 0.333. The molecule has 6 heteroatoms. The van der Waals surface area contributed by atoms with Crippen LogP contribution in [-0.2, 0) is 0 Å². The minimum absolute atomic E-state index is 0. The zero-order chi connectivity index (χ0) is 10.7. The van der Waals surface area contributed by atoms with E-state index in [1.807, 2.05) is 0 Å². The zero-order valence-electron chi connectivity index (χ0n) is 7.78. The minimum atomic E-state index is -0.381. The summed E-state index contributed by atoms with van der Waals surface area (Å²) in [4.78, 5) is 0. The van der Waals surface area contributed by atoms with Gasteiger partial charge in [0.25, 0.3) is 0 Å². The van der Waals surface area contributed by atoms with Gasteiger partial charge in [0.05, 0.1) is 9.50 Å². The lowest BCUT2D eigenvalue weighted by molar-refractivity contribution is 0.275. The lowest BCUT2D eigenvalue weighted by atomic mass is 10.0. The molecule has 1 aromatic carbocycles. The number of hydrogen-bond acceptors (Lipinski definition) is 3. The Kier molecular flexibility index (Phi) is 6.55. The molecule has 0 radical (unpaired) electrons. The maximum Gasteiger partial charge on any atom is 0.136 e. The summed E-state index contributed by atoms with van der Waals surface area (Å²) in [7, 11) is 0. The number of aromatic hydroxyl groups is 1. The van der Waals surface area contributed by atoms with Gasteiger partial charge in [0, 0.05) is 18.2 Å². The van der Waals surface area contributed by atoms with Gasteiger partial charge in [-0.2, -0.15) is 0 Å². The van der Waals surface area contributed by atoms with Crippen LogP contribution in [0.1, 0.15) is 18.0 Å². The first-order valence-corrected chi connectivity index (χ1v) is 5.28. The van der Waals surface area contributed by atoms with Crippen molar-refractivity contribution in [2.24, 2.45) is 5.73 Å². The van der Waals surface area contributed by atoms with Gasteiger partial charge in [-0.3, -0.25) is 0 Å². The lowest BCUT2D eigenvalue weighted by Gasteiger charge is -2.13. The molecule has 86 valence electrons. The van der Waals surface area contributed by atoms with Gasteiger partial charge in [-0.15, -0.1) is 12.4 Å². The first kappa shape index (κ1) is 15.0. The van der Waals surface area contributed by atoms with E-state index in [2.05, 4.69) is 15.9 Å². The average molecular weight is 317 g/mol. The Balaban J connectivity index is 0.00000196. The SMILES string of the molecule is Cl.N[C@H](CCO)c1ccc(Cl)c(Br)c1O. The maximum absolute atomic E-state index is 9.68. The number of hydrogen-bond donors (Lipinski definition) is 3. The van der Waals surface area contributed by atoms with Gasteiger partial charge in [0.2, 0.25) is 0 Å². The number of benzene rings is 1. The van der Waals surface area contributed by atoms with Crippen LogP contribution in [0.2, 0.25) is 5.02 Å². The second-order valence-corrected chi connectivity index (χ2v) is 4.12. The van der Waals surface area contributed by atoms with Gasteiger partial charge in [-0.05, 0) is 28.4 Å². The number of phenols is 1. The first-order valence-electron chi connectivity index (χ1n) is 4.11. The van der Waals surface area contributed by atoms with Gasteiger partial charge in [-0.25, -0.2) is 0 Å². The topological polar surface area (TPSA) is 66.5 Å². The van der Waals surface area contributed by atoms with Crippen molar-refractivity contribution in [3.05, 3.63) is 27.2 Å². The van der Waals surface area contributed by atoms with Crippen LogP contribution >= 0.6 is 39.9 Å². The number of phenolic OH excluding ortho intramolecular Hbond substituents is 1. The third-order valence-electron chi connectivity index (χ3n) is 1.94. The third-order valence-corrected chi connectivity index (χ3v) is 3.29. The Morgan fingerprint density at radius 3 is 2.60 bits per heavy atom. The third kappa shape index (κ3) is 3.50. The molecule has 1 rings (SSSR count). The highest BCUT2D eigenvalue weighted by atomic mass is 79.9. The number of aliphatic hydroxyl groups excluding tert-OH is 1. The molecule has 0 aliphatic carbocycles. The summed E-state index contributed by atoms with van der Waals surface area (Å²) < 4.78 is 0.435. The molecule has 0 aliphatic heterocycles. The molecule has 0 saturated heterocycles. The van der Waals surface area contributed by atoms with E-state index in [1.54, 1.807) is 12.1 Å². The normalized spacial score (nSPS) is 12.0. The second kappa shape index (κ2) is 6.55. The van der Waals surface area contributed by atoms with Crippen LogP contribution in [0, 0.1) is 0 Å². The number of nitrogens with two attached hydrogens (primary N) is 1. The van der Waals surface area contributed by atoms with Gasteiger partial charge in [-0.1, -0.05) is 17.7 Å². The molecule has 0 spiro atoms. The average Bonchev–Trinajstić information content (AvgIpc) is 2.15. The summed E-state index contributed by atoms with van der Waals surface area (Å²) in [5.41, 5.74) is 6.32. The van der Waals surface area contributed by atoms with Crippen molar-refractivity contribution in [2.45, 2.75) is 12.5 Å². The molecule has 1 atom stereocenters. The molecular formula is C9H12BrCl2NO2. The summed E-state index contributed by atoms with van der Waals surface area (Å²) in [6.07, 6.45) is 0.404. The van der Waals surface area contributed by atoms with E-state index in [0.29, 0.717) is 21.5 Å². The highest BCUT2D eigenvalue weighted by Gasteiger charge is 2.14.